The smallest absolute Gasteiger partial charge is 0.227 e. The quantitative estimate of drug-likeness (QED) is 0.783. The molecule has 1 rings (SSSR count). The van der Waals surface area contributed by atoms with Gasteiger partial charge >= 0.3 is 0 Å². The van der Waals surface area contributed by atoms with E-state index in [0.29, 0.717) is 12.2 Å². The number of aromatic nitrogens is 1. The standard InChI is InChI=1S/C11H17N3O/c1-8-4-5-10(13-7-8)14-11(15)6-9(2)12-3/h4-5,7,9,12H,6H2,1-3H3,(H,13,14,15). The molecule has 4 heteroatoms. The summed E-state index contributed by atoms with van der Waals surface area (Å²) < 4.78 is 0. The second kappa shape index (κ2) is 5.46. The van der Waals surface area contributed by atoms with Gasteiger partial charge in [-0.2, -0.15) is 0 Å². The average molecular weight is 207 g/mol. The van der Waals surface area contributed by atoms with Crippen LogP contribution in [0.4, 0.5) is 5.82 Å². The fourth-order valence-corrected chi connectivity index (χ4v) is 1.12. The number of rotatable bonds is 4. The van der Waals surface area contributed by atoms with E-state index in [1.54, 1.807) is 12.3 Å². The maximum Gasteiger partial charge on any atom is 0.227 e. The third-order valence-corrected chi connectivity index (χ3v) is 2.16. The van der Waals surface area contributed by atoms with E-state index in [0.717, 1.165) is 5.56 Å². The highest BCUT2D eigenvalue weighted by atomic mass is 16.1. The molecule has 1 heterocycles. The van der Waals surface area contributed by atoms with Crippen molar-refractivity contribution in [1.29, 1.82) is 0 Å². The summed E-state index contributed by atoms with van der Waals surface area (Å²) in [4.78, 5) is 15.6. The molecule has 2 N–H and O–H groups in total. The summed E-state index contributed by atoms with van der Waals surface area (Å²) in [6, 6.07) is 3.90. The lowest BCUT2D eigenvalue weighted by Gasteiger charge is -2.09. The SMILES string of the molecule is CNC(C)CC(=O)Nc1ccc(C)cn1. The van der Waals surface area contributed by atoms with Crippen molar-refractivity contribution < 1.29 is 4.79 Å². The zero-order chi connectivity index (χ0) is 11.3. The first-order valence-corrected chi connectivity index (χ1v) is 5.01. The van der Waals surface area contributed by atoms with E-state index in [-0.39, 0.29) is 11.9 Å². The van der Waals surface area contributed by atoms with Crippen molar-refractivity contribution in [2.45, 2.75) is 26.3 Å². The molecule has 0 saturated carbocycles. The highest BCUT2D eigenvalue weighted by molar-refractivity contribution is 5.90. The molecule has 0 spiro atoms. The van der Waals surface area contributed by atoms with Crippen LogP contribution < -0.4 is 10.6 Å². The number of hydrogen-bond acceptors (Lipinski definition) is 3. The van der Waals surface area contributed by atoms with E-state index in [1.807, 2.05) is 27.0 Å². The number of anilines is 1. The van der Waals surface area contributed by atoms with Crippen LogP contribution in [0, 0.1) is 6.92 Å². The minimum absolute atomic E-state index is 0.0202. The Morgan fingerprint density at radius 3 is 2.80 bits per heavy atom. The van der Waals surface area contributed by atoms with Gasteiger partial charge in [-0.25, -0.2) is 4.98 Å². The van der Waals surface area contributed by atoms with Crippen LogP contribution in [0.2, 0.25) is 0 Å². The van der Waals surface area contributed by atoms with Crippen molar-refractivity contribution >= 4 is 11.7 Å². The largest absolute Gasteiger partial charge is 0.317 e. The third kappa shape index (κ3) is 4.08. The molecule has 4 nitrogen and oxygen atoms in total. The van der Waals surface area contributed by atoms with Gasteiger partial charge in [-0.15, -0.1) is 0 Å². The average Bonchev–Trinajstić information content (AvgIpc) is 2.21. The van der Waals surface area contributed by atoms with E-state index in [1.165, 1.54) is 0 Å². The highest BCUT2D eigenvalue weighted by Crippen LogP contribution is 2.04. The summed E-state index contributed by atoms with van der Waals surface area (Å²) in [6.45, 7) is 3.92. The van der Waals surface area contributed by atoms with Gasteiger partial charge in [0.05, 0.1) is 0 Å². The van der Waals surface area contributed by atoms with Crippen LogP contribution in [-0.4, -0.2) is 24.0 Å². The molecule has 1 unspecified atom stereocenters. The summed E-state index contributed by atoms with van der Waals surface area (Å²) >= 11 is 0. The first-order chi connectivity index (χ1) is 7.11. The topological polar surface area (TPSA) is 54.0 Å². The maximum absolute atomic E-state index is 11.5. The number of carbonyl (C=O) groups is 1. The molecule has 1 aromatic heterocycles. The summed E-state index contributed by atoms with van der Waals surface area (Å²) in [7, 11) is 1.84. The van der Waals surface area contributed by atoms with E-state index in [9.17, 15) is 4.79 Å². The summed E-state index contributed by atoms with van der Waals surface area (Å²) in [6.07, 6.45) is 2.18. The molecular formula is C11H17N3O. The van der Waals surface area contributed by atoms with E-state index >= 15 is 0 Å². The number of aryl methyl sites for hydroxylation is 1. The zero-order valence-corrected chi connectivity index (χ0v) is 9.37. The van der Waals surface area contributed by atoms with Gasteiger partial charge in [0, 0.05) is 18.7 Å². The lowest BCUT2D eigenvalue weighted by atomic mass is 10.2. The molecule has 1 aromatic rings. The van der Waals surface area contributed by atoms with Gasteiger partial charge in [0.25, 0.3) is 0 Å². The summed E-state index contributed by atoms with van der Waals surface area (Å²) in [5, 5.41) is 5.75. The molecule has 1 atom stereocenters. The van der Waals surface area contributed by atoms with E-state index in [4.69, 9.17) is 0 Å². The monoisotopic (exact) mass is 207 g/mol. The van der Waals surface area contributed by atoms with Crippen LogP contribution in [0.3, 0.4) is 0 Å². The van der Waals surface area contributed by atoms with Crippen molar-refractivity contribution in [2.24, 2.45) is 0 Å². The molecule has 0 fully saturated rings. The number of carbonyl (C=O) groups excluding carboxylic acids is 1. The van der Waals surface area contributed by atoms with E-state index in [2.05, 4.69) is 15.6 Å². The molecule has 15 heavy (non-hydrogen) atoms. The Kier molecular flexibility index (Phi) is 4.24. The molecule has 0 radical (unpaired) electrons. The first-order valence-electron chi connectivity index (χ1n) is 5.01. The van der Waals surface area contributed by atoms with Gasteiger partial charge in [-0.1, -0.05) is 6.07 Å². The molecule has 0 aliphatic heterocycles. The molecule has 0 bridgehead atoms. The van der Waals surface area contributed by atoms with Crippen LogP contribution in [-0.2, 0) is 4.79 Å². The maximum atomic E-state index is 11.5. The fraction of sp³-hybridized carbons (Fsp3) is 0.455. The van der Waals surface area contributed by atoms with Gasteiger partial charge in [0.1, 0.15) is 5.82 Å². The second-order valence-electron chi connectivity index (χ2n) is 3.66. The van der Waals surface area contributed by atoms with Crippen molar-refractivity contribution in [3.63, 3.8) is 0 Å². The van der Waals surface area contributed by atoms with Crippen molar-refractivity contribution in [1.82, 2.24) is 10.3 Å². The van der Waals surface area contributed by atoms with Gasteiger partial charge in [0.15, 0.2) is 0 Å². The van der Waals surface area contributed by atoms with Crippen LogP contribution >= 0.6 is 0 Å². The Morgan fingerprint density at radius 2 is 2.27 bits per heavy atom. The Hall–Kier alpha value is -1.42. The number of pyridine rings is 1. The minimum atomic E-state index is -0.0202. The van der Waals surface area contributed by atoms with Crippen LogP contribution in [0.25, 0.3) is 0 Å². The predicted molar refractivity (Wildman–Crippen MR) is 60.7 cm³/mol. The Bertz CT molecular complexity index is 321. The predicted octanol–water partition coefficient (Wildman–Crippen LogP) is 1.33. The van der Waals surface area contributed by atoms with E-state index < -0.39 is 0 Å². The van der Waals surface area contributed by atoms with Gasteiger partial charge in [0.2, 0.25) is 5.91 Å². The highest BCUT2D eigenvalue weighted by Gasteiger charge is 2.07. The molecule has 1 amide bonds. The number of hydrogen-bond donors (Lipinski definition) is 2. The lowest BCUT2D eigenvalue weighted by Crippen LogP contribution is -2.27. The second-order valence-corrected chi connectivity index (χ2v) is 3.66. The minimum Gasteiger partial charge on any atom is -0.317 e. The Balaban J connectivity index is 2.48. The number of amides is 1. The van der Waals surface area contributed by atoms with Gasteiger partial charge in [-0.05, 0) is 32.5 Å². The molecule has 0 aliphatic rings. The molecule has 0 saturated heterocycles. The molecule has 0 aliphatic carbocycles. The van der Waals surface area contributed by atoms with Crippen LogP contribution in [0.15, 0.2) is 18.3 Å². The normalized spacial score (nSPS) is 12.2. The van der Waals surface area contributed by atoms with Crippen molar-refractivity contribution in [3.05, 3.63) is 23.9 Å². The Morgan fingerprint density at radius 1 is 1.53 bits per heavy atom. The van der Waals surface area contributed by atoms with Crippen molar-refractivity contribution in [3.8, 4) is 0 Å². The molecule has 0 aromatic carbocycles. The fourth-order valence-electron chi connectivity index (χ4n) is 1.12. The van der Waals surface area contributed by atoms with Gasteiger partial charge in [-0.3, -0.25) is 4.79 Å². The first kappa shape index (κ1) is 11.7. The number of nitrogens with one attached hydrogen (secondary N) is 2. The lowest BCUT2D eigenvalue weighted by molar-refractivity contribution is -0.116. The zero-order valence-electron chi connectivity index (χ0n) is 9.37. The summed E-state index contributed by atoms with van der Waals surface area (Å²) in [5.74, 6) is 0.585. The molecule has 82 valence electrons. The van der Waals surface area contributed by atoms with Crippen molar-refractivity contribution in [2.75, 3.05) is 12.4 Å². The van der Waals surface area contributed by atoms with Crippen LogP contribution in [0.5, 0.6) is 0 Å². The Labute approximate surface area is 90.1 Å². The third-order valence-electron chi connectivity index (χ3n) is 2.16. The molecular weight excluding hydrogens is 190 g/mol. The van der Waals surface area contributed by atoms with Crippen LogP contribution in [0.1, 0.15) is 18.9 Å². The number of nitrogens with zero attached hydrogens (tertiary/aromatic N) is 1. The van der Waals surface area contributed by atoms with Gasteiger partial charge < -0.3 is 10.6 Å². The summed E-state index contributed by atoms with van der Waals surface area (Å²) in [5.41, 5.74) is 1.08.